The number of carbonyl (C=O) groups excluding carboxylic acids is 2. The minimum absolute atomic E-state index is 0.214. The third kappa shape index (κ3) is 4.35. The third-order valence-electron chi connectivity index (χ3n) is 3.69. The molecule has 2 amide bonds. The maximum atomic E-state index is 12.2. The lowest BCUT2D eigenvalue weighted by Gasteiger charge is -2.15. The molecule has 3 aromatic rings. The smallest absolute Gasteiger partial charge is 0.349 e. The Morgan fingerprint density at radius 1 is 1.07 bits per heavy atom. The van der Waals surface area contributed by atoms with Crippen LogP contribution in [0.25, 0.3) is 11.0 Å². The monoisotopic (exact) mass is 430 g/mol. The van der Waals surface area contributed by atoms with Gasteiger partial charge in [-0.15, -0.1) is 0 Å². The number of ether oxygens (including phenoxy) is 1. The molecule has 8 heteroatoms. The molecule has 138 valence electrons. The lowest BCUT2D eigenvalue weighted by molar-refractivity contribution is -0.128. The minimum Gasteiger partial charge on any atom is -0.480 e. The van der Waals surface area contributed by atoms with Crippen LogP contribution in [0.2, 0.25) is 0 Å². The van der Waals surface area contributed by atoms with E-state index in [1.807, 2.05) is 6.07 Å². The average molecular weight is 431 g/mol. The fourth-order valence-electron chi connectivity index (χ4n) is 2.29. The van der Waals surface area contributed by atoms with Crippen molar-refractivity contribution >= 4 is 38.7 Å². The maximum Gasteiger partial charge on any atom is 0.349 e. The molecule has 0 aliphatic heterocycles. The van der Waals surface area contributed by atoms with Crippen molar-refractivity contribution in [3.63, 3.8) is 0 Å². The third-order valence-corrected chi connectivity index (χ3v) is 4.35. The molecule has 27 heavy (non-hydrogen) atoms. The van der Waals surface area contributed by atoms with Crippen LogP contribution < -0.4 is 21.2 Å². The van der Waals surface area contributed by atoms with E-state index in [4.69, 9.17) is 9.15 Å². The molecule has 7 nitrogen and oxygen atoms in total. The van der Waals surface area contributed by atoms with Gasteiger partial charge in [-0.2, -0.15) is 0 Å². The van der Waals surface area contributed by atoms with Crippen molar-refractivity contribution in [2.75, 3.05) is 0 Å². The van der Waals surface area contributed by atoms with Crippen molar-refractivity contribution in [3.05, 3.63) is 75.1 Å². The van der Waals surface area contributed by atoms with Crippen molar-refractivity contribution in [2.45, 2.75) is 13.0 Å². The topological polar surface area (TPSA) is 97.6 Å². The molecule has 0 aliphatic rings. The van der Waals surface area contributed by atoms with Crippen molar-refractivity contribution in [1.29, 1.82) is 0 Å². The molecule has 0 saturated carbocycles. The first-order chi connectivity index (χ1) is 13.0. The van der Waals surface area contributed by atoms with E-state index in [1.54, 1.807) is 42.5 Å². The molecule has 0 bridgehead atoms. The zero-order valence-corrected chi connectivity index (χ0v) is 15.8. The van der Waals surface area contributed by atoms with Gasteiger partial charge >= 0.3 is 5.63 Å². The molecule has 1 aromatic heterocycles. The molecule has 2 N–H and O–H groups in total. The Morgan fingerprint density at radius 3 is 2.56 bits per heavy atom. The molecule has 0 saturated heterocycles. The van der Waals surface area contributed by atoms with Crippen LogP contribution in [0.15, 0.2) is 68.3 Å². The highest BCUT2D eigenvalue weighted by atomic mass is 79.9. The molecule has 1 atom stereocenters. The zero-order chi connectivity index (χ0) is 19.4. The largest absolute Gasteiger partial charge is 0.480 e. The summed E-state index contributed by atoms with van der Waals surface area (Å²) in [6, 6.07) is 15.3. The van der Waals surface area contributed by atoms with E-state index in [1.165, 1.54) is 13.0 Å². The van der Waals surface area contributed by atoms with Crippen LogP contribution in [-0.4, -0.2) is 17.9 Å². The van der Waals surface area contributed by atoms with Gasteiger partial charge in [0.25, 0.3) is 11.8 Å². The summed E-state index contributed by atoms with van der Waals surface area (Å²) in [5, 5.41) is 0.596. The van der Waals surface area contributed by atoms with Gasteiger partial charge in [0.1, 0.15) is 16.9 Å². The van der Waals surface area contributed by atoms with Gasteiger partial charge in [0.2, 0.25) is 0 Å². The highest BCUT2D eigenvalue weighted by Gasteiger charge is 2.18. The Balaban J connectivity index is 1.65. The molecule has 2 aromatic carbocycles. The molecule has 0 aliphatic carbocycles. The van der Waals surface area contributed by atoms with E-state index in [2.05, 4.69) is 26.8 Å². The fourth-order valence-corrected chi connectivity index (χ4v) is 2.67. The first-order valence-electron chi connectivity index (χ1n) is 8.00. The summed E-state index contributed by atoms with van der Waals surface area (Å²) >= 11 is 3.32. The fraction of sp³-hybridized carbons (Fsp3) is 0.105. The Hall–Kier alpha value is -3.13. The Labute approximate surface area is 162 Å². The second-order valence-corrected chi connectivity index (χ2v) is 6.47. The summed E-state index contributed by atoms with van der Waals surface area (Å²) in [6.45, 7) is 1.53. The molecule has 3 rings (SSSR count). The number of rotatable bonds is 4. The number of nitrogens with one attached hydrogen (secondary N) is 2. The minimum atomic E-state index is -0.878. The predicted molar refractivity (Wildman–Crippen MR) is 102 cm³/mol. The van der Waals surface area contributed by atoms with Gasteiger partial charge in [0, 0.05) is 5.39 Å². The molecule has 1 unspecified atom stereocenters. The Morgan fingerprint density at radius 2 is 1.78 bits per heavy atom. The molecule has 0 radical (unpaired) electrons. The maximum absolute atomic E-state index is 12.2. The number of para-hydroxylation sites is 2. The molecule has 0 spiro atoms. The van der Waals surface area contributed by atoms with Crippen molar-refractivity contribution in [3.8, 4) is 5.75 Å². The lowest BCUT2D eigenvalue weighted by Crippen LogP contribution is -2.48. The highest BCUT2D eigenvalue weighted by molar-refractivity contribution is 9.10. The Bertz CT molecular complexity index is 1060. The van der Waals surface area contributed by atoms with Crippen molar-refractivity contribution in [2.24, 2.45) is 0 Å². The van der Waals surface area contributed by atoms with Crippen LogP contribution in [0.4, 0.5) is 0 Å². The quantitative estimate of drug-likeness (QED) is 0.489. The first-order valence-corrected chi connectivity index (χ1v) is 8.79. The van der Waals surface area contributed by atoms with Crippen molar-refractivity contribution < 1.29 is 18.7 Å². The normalized spacial score (nSPS) is 11.6. The second kappa shape index (κ2) is 8.05. The highest BCUT2D eigenvalue weighted by Crippen LogP contribution is 2.24. The molecule has 1 heterocycles. The second-order valence-electron chi connectivity index (χ2n) is 5.62. The van der Waals surface area contributed by atoms with Gasteiger partial charge in [-0.3, -0.25) is 20.4 Å². The number of fused-ring (bicyclic) bond motifs is 1. The SMILES string of the molecule is CC(Oc1ccccc1Br)C(=O)NNC(=O)c1cc2ccccc2oc1=O. The number of hydrogen-bond acceptors (Lipinski definition) is 5. The number of hydrazine groups is 1. The molecular formula is C19H15BrN2O5. The number of halogens is 1. The Kier molecular flexibility index (Phi) is 5.56. The number of hydrogen-bond donors (Lipinski definition) is 2. The average Bonchev–Trinajstić information content (AvgIpc) is 2.67. The van der Waals surface area contributed by atoms with Crippen LogP contribution in [0, 0.1) is 0 Å². The van der Waals surface area contributed by atoms with E-state index >= 15 is 0 Å². The summed E-state index contributed by atoms with van der Waals surface area (Å²) in [7, 11) is 0. The van der Waals surface area contributed by atoms with E-state index in [0.29, 0.717) is 21.2 Å². The first kappa shape index (κ1) is 18.7. The summed E-state index contributed by atoms with van der Waals surface area (Å²) < 4.78 is 11.3. The number of benzene rings is 2. The van der Waals surface area contributed by atoms with Gasteiger partial charge in [0.15, 0.2) is 6.10 Å². The van der Waals surface area contributed by atoms with Gasteiger partial charge in [-0.25, -0.2) is 4.79 Å². The van der Waals surface area contributed by atoms with Gasteiger partial charge in [0.05, 0.1) is 4.47 Å². The van der Waals surface area contributed by atoms with Gasteiger partial charge < -0.3 is 9.15 Å². The summed E-state index contributed by atoms with van der Waals surface area (Å²) in [5.41, 5.74) is 3.80. The van der Waals surface area contributed by atoms with Gasteiger partial charge in [-0.05, 0) is 47.1 Å². The summed E-state index contributed by atoms with van der Waals surface area (Å²) in [4.78, 5) is 36.3. The van der Waals surface area contributed by atoms with Crippen LogP contribution in [0.5, 0.6) is 5.75 Å². The van der Waals surface area contributed by atoms with E-state index in [9.17, 15) is 14.4 Å². The van der Waals surface area contributed by atoms with Crippen molar-refractivity contribution in [1.82, 2.24) is 10.9 Å². The molecule has 0 fully saturated rings. The number of carbonyl (C=O) groups is 2. The molecular weight excluding hydrogens is 416 g/mol. The number of amides is 2. The van der Waals surface area contributed by atoms with E-state index in [-0.39, 0.29) is 5.56 Å². The van der Waals surface area contributed by atoms with Crippen LogP contribution >= 0.6 is 15.9 Å². The van der Waals surface area contributed by atoms with Crippen LogP contribution in [0.1, 0.15) is 17.3 Å². The lowest BCUT2D eigenvalue weighted by atomic mass is 10.2. The van der Waals surface area contributed by atoms with Crippen LogP contribution in [0.3, 0.4) is 0 Å². The van der Waals surface area contributed by atoms with Crippen LogP contribution in [-0.2, 0) is 4.79 Å². The van der Waals surface area contributed by atoms with E-state index < -0.39 is 23.5 Å². The standard InChI is InChI=1S/C19H15BrN2O5/c1-11(26-16-9-5-3-7-14(16)20)17(23)21-22-18(24)13-10-12-6-2-4-8-15(12)27-19(13)25/h2-11H,1H3,(H,21,23)(H,22,24). The summed E-state index contributed by atoms with van der Waals surface area (Å²) in [5.74, 6) is -0.873. The zero-order valence-electron chi connectivity index (χ0n) is 14.2. The van der Waals surface area contributed by atoms with E-state index in [0.717, 1.165) is 0 Å². The van der Waals surface area contributed by atoms with Gasteiger partial charge in [-0.1, -0.05) is 30.3 Å². The predicted octanol–water partition coefficient (Wildman–Crippen LogP) is 2.78. The summed E-state index contributed by atoms with van der Waals surface area (Å²) in [6.07, 6.45) is -0.878.